The molecule has 0 N–H and O–H groups in total. The molecular weight excluding hydrogens is 194 g/mol. The highest BCUT2D eigenvalue weighted by Crippen LogP contribution is 2.28. The molecule has 0 unspecified atom stereocenters. The van der Waals surface area contributed by atoms with Crippen LogP contribution in [-0.4, -0.2) is 9.97 Å². The van der Waals surface area contributed by atoms with E-state index in [1.165, 1.54) is 16.9 Å². The molecule has 2 aromatic rings. The molecule has 0 fully saturated rings. The zero-order chi connectivity index (χ0) is 10.1. The maximum atomic E-state index is 8.75. The summed E-state index contributed by atoms with van der Waals surface area (Å²) in [6.45, 7) is 4.23. The summed E-state index contributed by atoms with van der Waals surface area (Å²) in [6, 6.07) is 2.06. The molecule has 0 spiro atoms. The second-order valence-corrected chi connectivity index (χ2v) is 4.36. The Bertz CT molecular complexity index is 508. The van der Waals surface area contributed by atoms with E-state index in [0.29, 0.717) is 10.9 Å². The third kappa shape index (κ3) is 1.36. The zero-order valence-electron chi connectivity index (χ0n) is 7.98. The summed E-state index contributed by atoms with van der Waals surface area (Å²) in [7, 11) is 0. The van der Waals surface area contributed by atoms with Gasteiger partial charge in [-0.2, -0.15) is 5.26 Å². The molecule has 2 rings (SSSR count). The molecule has 0 aliphatic rings. The van der Waals surface area contributed by atoms with Crippen LogP contribution >= 0.6 is 11.3 Å². The van der Waals surface area contributed by atoms with Crippen molar-refractivity contribution in [1.29, 1.82) is 5.26 Å². The van der Waals surface area contributed by atoms with Crippen LogP contribution in [0.15, 0.2) is 12.4 Å². The smallest absolute Gasteiger partial charge is 0.195 e. The minimum atomic E-state index is 0.415. The molecule has 0 amide bonds. The largest absolute Gasteiger partial charge is 0.262 e. The number of hydrogen-bond acceptors (Lipinski definition) is 4. The first kappa shape index (κ1) is 9.10. The lowest BCUT2D eigenvalue weighted by molar-refractivity contribution is 0.870. The van der Waals surface area contributed by atoms with Gasteiger partial charge in [0.25, 0.3) is 0 Å². The van der Waals surface area contributed by atoms with E-state index in [0.717, 1.165) is 10.2 Å². The van der Waals surface area contributed by atoms with Crippen molar-refractivity contribution < 1.29 is 0 Å². The highest BCUT2D eigenvalue weighted by molar-refractivity contribution is 7.19. The quantitative estimate of drug-likeness (QED) is 0.716. The average molecular weight is 203 g/mol. The van der Waals surface area contributed by atoms with E-state index < -0.39 is 0 Å². The van der Waals surface area contributed by atoms with Gasteiger partial charge >= 0.3 is 0 Å². The number of nitriles is 1. The van der Waals surface area contributed by atoms with Crippen LogP contribution < -0.4 is 0 Å². The average Bonchev–Trinajstić information content (AvgIpc) is 2.59. The van der Waals surface area contributed by atoms with Crippen LogP contribution in [0.5, 0.6) is 0 Å². The molecule has 0 aliphatic heterocycles. The van der Waals surface area contributed by atoms with E-state index in [2.05, 4.69) is 29.9 Å². The minimum absolute atomic E-state index is 0.415. The minimum Gasteiger partial charge on any atom is -0.262 e. The molecule has 0 bridgehead atoms. The molecule has 14 heavy (non-hydrogen) atoms. The predicted octanol–water partition coefficient (Wildman–Crippen LogP) is 2.69. The summed E-state index contributed by atoms with van der Waals surface area (Å²) in [5.41, 5.74) is 2.00. The summed E-state index contributed by atoms with van der Waals surface area (Å²) in [6.07, 6.45) is 3.56. The van der Waals surface area contributed by atoms with E-state index in [4.69, 9.17) is 5.26 Å². The lowest BCUT2D eigenvalue weighted by Crippen LogP contribution is -1.88. The van der Waals surface area contributed by atoms with Crippen molar-refractivity contribution in [3.8, 4) is 6.07 Å². The molecule has 0 atom stereocenters. The Morgan fingerprint density at radius 1 is 1.43 bits per heavy atom. The summed E-state index contributed by atoms with van der Waals surface area (Å²) in [4.78, 5) is 8.29. The van der Waals surface area contributed by atoms with Crippen LogP contribution in [0.3, 0.4) is 0 Å². The van der Waals surface area contributed by atoms with Crippen molar-refractivity contribution in [1.82, 2.24) is 9.97 Å². The molecule has 0 saturated heterocycles. The van der Waals surface area contributed by atoms with Crippen LogP contribution in [0.2, 0.25) is 0 Å². The van der Waals surface area contributed by atoms with Gasteiger partial charge in [-0.15, -0.1) is 11.3 Å². The second kappa shape index (κ2) is 3.35. The highest BCUT2D eigenvalue weighted by atomic mass is 32.1. The van der Waals surface area contributed by atoms with Crippen molar-refractivity contribution in [3.05, 3.63) is 23.0 Å². The van der Waals surface area contributed by atoms with Gasteiger partial charge in [0.15, 0.2) is 5.01 Å². The summed E-state index contributed by atoms with van der Waals surface area (Å²) >= 11 is 1.44. The SMILES string of the molecule is CC(C)c1cncc2nc(C#N)sc12. The molecule has 70 valence electrons. The summed E-state index contributed by atoms with van der Waals surface area (Å²) in [5.74, 6) is 0.415. The van der Waals surface area contributed by atoms with Gasteiger partial charge in [-0.1, -0.05) is 13.8 Å². The van der Waals surface area contributed by atoms with Crippen molar-refractivity contribution in [3.63, 3.8) is 0 Å². The van der Waals surface area contributed by atoms with Crippen LogP contribution in [-0.2, 0) is 0 Å². The highest BCUT2D eigenvalue weighted by Gasteiger charge is 2.10. The topological polar surface area (TPSA) is 49.6 Å². The fourth-order valence-corrected chi connectivity index (χ4v) is 2.32. The van der Waals surface area contributed by atoms with Crippen molar-refractivity contribution in [2.75, 3.05) is 0 Å². The van der Waals surface area contributed by atoms with Gasteiger partial charge in [0.2, 0.25) is 0 Å². The number of aromatic nitrogens is 2. The van der Waals surface area contributed by atoms with Crippen LogP contribution in [0.4, 0.5) is 0 Å². The van der Waals surface area contributed by atoms with Crippen LogP contribution in [0, 0.1) is 11.3 Å². The Morgan fingerprint density at radius 2 is 2.21 bits per heavy atom. The lowest BCUT2D eigenvalue weighted by Gasteiger charge is -2.03. The fourth-order valence-electron chi connectivity index (χ4n) is 1.33. The fraction of sp³-hybridized carbons (Fsp3) is 0.300. The summed E-state index contributed by atoms with van der Waals surface area (Å²) in [5, 5.41) is 9.25. The van der Waals surface area contributed by atoms with Crippen molar-refractivity contribution in [2.45, 2.75) is 19.8 Å². The van der Waals surface area contributed by atoms with Gasteiger partial charge in [0.05, 0.1) is 10.9 Å². The Morgan fingerprint density at radius 3 is 2.86 bits per heavy atom. The molecule has 0 radical (unpaired) electrons. The van der Waals surface area contributed by atoms with Gasteiger partial charge < -0.3 is 0 Å². The van der Waals surface area contributed by atoms with Crippen molar-refractivity contribution in [2.24, 2.45) is 0 Å². The van der Waals surface area contributed by atoms with E-state index >= 15 is 0 Å². The van der Waals surface area contributed by atoms with Gasteiger partial charge in [0, 0.05) is 6.20 Å². The van der Waals surface area contributed by atoms with E-state index in [1.54, 1.807) is 6.20 Å². The summed E-state index contributed by atoms with van der Waals surface area (Å²) < 4.78 is 1.09. The predicted molar refractivity (Wildman–Crippen MR) is 56.2 cm³/mol. The molecule has 3 nitrogen and oxygen atoms in total. The zero-order valence-corrected chi connectivity index (χ0v) is 8.80. The number of pyridine rings is 1. The third-order valence-electron chi connectivity index (χ3n) is 2.04. The molecule has 2 heterocycles. The Hall–Kier alpha value is -1.47. The lowest BCUT2D eigenvalue weighted by atomic mass is 10.1. The Labute approximate surface area is 86.0 Å². The maximum absolute atomic E-state index is 8.75. The number of nitrogens with zero attached hydrogens (tertiary/aromatic N) is 3. The van der Waals surface area contributed by atoms with Gasteiger partial charge in [-0.25, -0.2) is 4.98 Å². The van der Waals surface area contributed by atoms with E-state index in [-0.39, 0.29) is 0 Å². The monoisotopic (exact) mass is 203 g/mol. The normalized spacial score (nSPS) is 10.7. The molecule has 0 aliphatic carbocycles. The Kier molecular flexibility index (Phi) is 2.18. The van der Waals surface area contributed by atoms with Crippen LogP contribution in [0.1, 0.15) is 30.3 Å². The number of rotatable bonds is 1. The molecule has 2 aromatic heterocycles. The first-order valence-electron chi connectivity index (χ1n) is 4.37. The van der Waals surface area contributed by atoms with E-state index in [1.807, 2.05) is 6.20 Å². The number of fused-ring (bicyclic) bond motifs is 1. The van der Waals surface area contributed by atoms with Crippen LogP contribution in [0.25, 0.3) is 10.2 Å². The molecule has 0 saturated carbocycles. The second-order valence-electron chi connectivity index (χ2n) is 3.36. The number of thiazole rings is 1. The molecule has 0 aromatic carbocycles. The molecular formula is C10H9N3S. The van der Waals surface area contributed by atoms with Gasteiger partial charge in [0.1, 0.15) is 11.6 Å². The van der Waals surface area contributed by atoms with Gasteiger partial charge in [-0.3, -0.25) is 4.98 Å². The maximum Gasteiger partial charge on any atom is 0.195 e. The first-order chi connectivity index (χ1) is 6.72. The number of hydrogen-bond donors (Lipinski definition) is 0. The molecule has 4 heteroatoms. The third-order valence-corrected chi connectivity index (χ3v) is 3.07. The van der Waals surface area contributed by atoms with E-state index in [9.17, 15) is 0 Å². The van der Waals surface area contributed by atoms with Gasteiger partial charge in [-0.05, 0) is 11.5 Å². The first-order valence-corrected chi connectivity index (χ1v) is 5.18. The Balaban J connectivity index is 2.74. The standard InChI is InChI=1S/C10H9N3S/c1-6(2)7-4-12-5-8-10(7)14-9(3-11)13-8/h4-6H,1-2H3. The van der Waals surface area contributed by atoms with Crippen molar-refractivity contribution >= 4 is 21.6 Å².